The molecule has 0 fully saturated rings. The third kappa shape index (κ3) is 8.47. The van der Waals surface area contributed by atoms with E-state index in [0.717, 1.165) is 11.1 Å². The second-order valence-electron chi connectivity index (χ2n) is 6.98. The van der Waals surface area contributed by atoms with Gasteiger partial charge < -0.3 is 25.4 Å². The average Bonchev–Trinajstić information content (AvgIpc) is 2.81. The topological polar surface area (TPSA) is 123 Å². The normalized spacial score (nSPS) is 12.1. The number of alkyl carbamates (subject to hydrolysis) is 1. The van der Waals surface area contributed by atoms with Crippen LogP contribution < -0.4 is 16.0 Å². The number of amides is 3. The van der Waals surface area contributed by atoms with Crippen LogP contribution in [0.2, 0.25) is 0 Å². The van der Waals surface area contributed by atoms with Crippen molar-refractivity contribution >= 4 is 23.9 Å². The lowest BCUT2D eigenvalue weighted by Crippen LogP contribution is -2.52. The summed E-state index contributed by atoms with van der Waals surface area (Å²) in [5.74, 6) is -1.73. The van der Waals surface area contributed by atoms with E-state index in [1.807, 2.05) is 48.5 Å². The summed E-state index contributed by atoms with van der Waals surface area (Å²) in [5.41, 5.74) is 1.66. The Morgan fingerprint density at radius 2 is 1.47 bits per heavy atom. The Morgan fingerprint density at radius 1 is 0.875 bits per heavy atom. The Labute approximate surface area is 186 Å². The van der Waals surface area contributed by atoms with E-state index in [4.69, 9.17) is 9.47 Å². The van der Waals surface area contributed by atoms with Gasteiger partial charge in [-0.25, -0.2) is 9.59 Å². The molecular weight excluding hydrogens is 414 g/mol. The molecule has 0 heterocycles. The number of carbonyl (C=O) groups excluding carboxylic acids is 4. The van der Waals surface area contributed by atoms with Crippen LogP contribution in [0.5, 0.6) is 0 Å². The first-order valence-corrected chi connectivity index (χ1v) is 10.0. The largest absolute Gasteiger partial charge is 0.467 e. The molecule has 3 amide bonds. The number of esters is 1. The van der Waals surface area contributed by atoms with Crippen LogP contribution in [-0.2, 0) is 36.9 Å². The maximum absolute atomic E-state index is 12.5. The molecule has 0 aliphatic heterocycles. The molecule has 0 saturated heterocycles. The smallest absolute Gasteiger partial charge is 0.407 e. The van der Waals surface area contributed by atoms with Crippen LogP contribution in [0.15, 0.2) is 60.7 Å². The van der Waals surface area contributed by atoms with Crippen molar-refractivity contribution in [3.05, 3.63) is 71.8 Å². The van der Waals surface area contributed by atoms with E-state index in [-0.39, 0.29) is 19.6 Å². The summed E-state index contributed by atoms with van der Waals surface area (Å²) >= 11 is 0. The summed E-state index contributed by atoms with van der Waals surface area (Å²) in [5, 5.41) is 7.36. The molecule has 2 atom stereocenters. The highest BCUT2D eigenvalue weighted by molar-refractivity contribution is 5.91. The van der Waals surface area contributed by atoms with Crippen LogP contribution in [0.25, 0.3) is 0 Å². The van der Waals surface area contributed by atoms with Crippen molar-refractivity contribution in [1.29, 1.82) is 0 Å². The summed E-state index contributed by atoms with van der Waals surface area (Å²) in [6, 6.07) is 16.4. The Morgan fingerprint density at radius 3 is 2.06 bits per heavy atom. The standard InChI is InChI=1S/C23H27N3O6/c1-16(21(28)26-19(22(29)31-2)13-17-9-5-3-6-10-17)25-20(27)14-24-23(30)32-15-18-11-7-4-8-12-18/h3-12,16,19H,13-15H2,1-2H3,(H,24,30)(H,25,27)(H,26,28)/t16-,19-/m0/s1. The highest BCUT2D eigenvalue weighted by Gasteiger charge is 2.25. The molecule has 2 aromatic rings. The second kappa shape index (κ2) is 12.7. The minimum atomic E-state index is -0.937. The van der Waals surface area contributed by atoms with Gasteiger partial charge in [0, 0.05) is 6.42 Å². The zero-order valence-electron chi connectivity index (χ0n) is 18.0. The Bertz CT molecular complexity index is 904. The van der Waals surface area contributed by atoms with Gasteiger partial charge in [0.1, 0.15) is 25.2 Å². The van der Waals surface area contributed by atoms with Crippen LogP contribution in [-0.4, -0.2) is 49.6 Å². The highest BCUT2D eigenvalue weighted by atomic mass is 16.5. The monoisotopic (exact) mass is 441 g/mol. The first-order chi connectivity index (χ1) is 15.4. The molecule has 0 bridgehead atoms. The van der Waals surface area contributed by atoms with Crippen molar-refractivity contribution in [2.24, 2.45) is 0 Å². The van der Waals surface area contributed by atoms with Gasteiger partial charge in [-0.2, -0.15) is 0 Å². The van der Waals surface area contributed by atoms with E-state index in [2.05, 4.69) is 16.0 Å². The number of nitrogens with one attached hydrogen (secondary N) is 3. The van der Waals surface area contributed by atoms with Gasteiger partial charge in [0.05, 0.1) is 7.11 Å². The van der Waals surface area contributed by atoms with Crippen LogP contribution in [0, 0.1) is 0 Å². The molecule has 2 rings (SSSR count). The van der Waals surface area contributed by atoms with Crippen molar-refractivity contribution < 1.29 is 28.7 Å². The van der Waals surface area contributed by atoms with Crippen LogP contribution in [0.3, 0.4) is 0 Å². The van der Waals surface area contributed by atoms with Crippen LogP contribution in [0.1, 0.15) is 18.1 Å². The summed E-state index contributed by atoms with van der Waals surface area (Å²) in [6.45, 7) is 1.18. The molecule has 0 saturated carbocycles. The molecule has 0 aromatic heterocycles. The molecule has 2 aromatic carbocycles. The fourth-order valence-corrected chi connectivity index (χ4v) is 2.77. The van der Waals surface area contributed by atoms with Gasteiger partial charge in [0.25, 0.3) is 0 Å². The zero-order chi connectivity index (χ0) is 23.3. The molecular formula is C23H27N3O6. The predicted molar refractivity (Wildman–Crippen MR) is 116 cm³/mol. The summed E-state index contributed by atoms with van der Waals surface area (Å²) in [6.07, 6.45) is -0.510. The van der Waals surface area contributed by atoms with E-state index >= 15 is 0 Å². The SMILES string of the molecule is COC(=O)[C@H](Cc1ccccc1)NC(=O)[C@H](C)NC(=O)CNC(=O)OCc1ccccc1. The minimum absolute atomic E-state index is 0.0728. The first kappa shape index (κ1) is 24.4. The van der Waals surface area contributed by atoms with E-state index < -0.39 is 36.0 Å². The highest BCUT2D eigenvalue weighted by Crippen LogP contribution is 2.05. The lowest BCUT2D eigenvalue weighted by Gasteiger charge is -2.20. The maximum Gasteiger partial charge on any atom is 0.407 e. The summed E-state index contributed by atoms with van der Waals surface area (Å²) in [4.78, 5) is 48.3. The molecule has 170 valence electrons. The third-order valence-electron chi connectivity index (χ3n) is 4.46. The van der Waals surface area contributed by atoms with Crippen molar-refractivity contribution in [2.75, 3.05) is 13.7 Å². The quantitative estimate of drug-likeness (QED) is 0.478. The summed E-state index contributed by atoms with van der Waals surface area (Å²) in [7, 11) is 1.24. The van der Waals surface area contributed by atoms with Gasteiger partial charge in [-0.15, -0.1) is 0 Å². The van der Waals surface area contributed by atoms with Crippen molar-refractivity contribution in [2.45, 2.75) is 32.0 Å². The average molecular weight is 441 g/mol. The molecule has 0 unspecified atom stereocenters. The number of carbonyl (C=O) groups is 4. The first-order valence-electron chi connectivity index (χ1n) is 10.0. The fraction of sp³-hybridized carbons (Fsp3) is 0.304. The van der Waals surface area contributed by atoms with Crippen molar-refractivity contribution in [3.63, 3.8) is 0 Å². The van der Waals surface area contributed by atoms with E-state index in [1.165, 1.54) is 14.0 Å². The predicted octanol–water partition coefficient (Wildman–Crippen LogP) is 1.32. The third-order valence-corrected chi connectivity index (χ3v) is 4.46. The molecule has 0 radical (unpaired) electrons. The Hall–Kier alpha value is -3.88. The van der Waals surface area contributed by atoms with Gasteiger partial charge >= 0.3 is 12.1 Å². The van der Waals surface area contributed by atoms with E-state index in [1.54, 1.807) is 12.1 Å². The van der Waals surface area contributed by atoms with Crippen molar-refractivity contribution in [1.82, 2.24) is 16.0 Å². The van der Waals surface area contributed by atoms with Crippen LogP contribution in [0.4, 0.5) is 4.79 Å². The van der Waals surface area contributed by atoms with E-state index in [0.29, 0.717) is 0 Å². The van der Waals surface area contributed by atoms with Crippen molar-refractivity contribution in [3.8, 4) is 0 Å². The lowest BCUT2D eigenvalue weighted by atomic mass is 10.1. The molecule has 0 aliphatic rings. The minimum Gasteiger partial charge on any atom is -0.467 e. The number of methoxy groups -OCH3 is 1. The second-order valence-corrected chi connectivity index (χ2v) is 6.98. The maximum atomic E-state index is 12.5. The van der Waals surface area contributed by atoms with Gasteiger partial charge in [0.15, 0.2) is 0 Å². The van der Waals surface area contributed by atoms with Gasteiger partial charge in [0.2, 0.25) is 11.8 Å². The van der Waals surface area contributed by atoms with Gasteiger partial charge in [-0.3, -0.25) is 9.59 Å². The molecule has 32 heavy (non-hydrogen) atoms. The fourth-order valence-electron chi connectivity index (χ4n) is 2.77. The van der Waals surface area contributed by atoms with E-state index in [9.17, 15) is 19.2 Å². The number of ether oxygens (including phenoxy) is 2. The zero-order valence-corrected chi connectivity index (χ0v) is 18.0. The Kier molecular flexibility index (Phi) is 9.70. The van der Waals surface area contributed by atoms with Crippen LogP contribution >= 0.6 is 0 Å². The lowest BCUT2D eigenvalue weighted by molar-refractivity contribution is -0.145. The number of benzene rings is 2. The number of rotatable bonds is 10. The molecule has 3 N–H and O–H groups in total. The molecule has 0 spiro atoms. The molecule has 0 aliphatic carbocycles. The number of hydrogen-bond acceptors (Lipinski definition) is 6. The summed E-state index contributed by atoms with van der Waals surface area (Å²) < 4.78 is 9.78. The van der Waals surface area contributed by atoms with Gasteiger partial charge in [-0.05, 0) is 18.1 Å². The Balaban J connectivity index is 1.77. The number of hydrogen-bond donors (Lipinski definition) is 3. The molecule has 9 heteroatoms. The van der Waals surface area contributed by atoms with Gasteiger partial charge in [-0.1, -0.05) is 60.7 Å². The molecule has 9 nitrogen and oxygen atoms in total.